The summed E-state index contributed by atoms with van der Waals surface area (Å²) in [6.07, 6.45) is 3.49. The van der Waals surface area contributed by atoms with Crippen molar-refractivity contribution >= 4 is 29.8 Å². The highest BCUT2D eigenvalue weighted by Gasteiger charge is 2.30. The van der Waals surface area contributed by atoms with Crippen LogP contribution in [0.3, 0.4) is 0 Å². The molecule has 1 aliphatic rings. The van der Waals surface area contributed by atoms with Crippen LogP contribution in [0, 0.1) is 0 Å². The van der Waals surface area contributed by atoms with E-state index >= 15 is 0 Å². The van der Waals surface area contributed by atoms with Gasteiger partial charge in [0.15, 0.2) is 0 Å². The Balaban J connectivity index is 1.40. The Morgan fingerprint density at radius 2 is 1.84 bits per heavy atom. The van der Waals surface area contributed by atoms with E-state index < -0.39 is 18.8 Å². The van der Waals surface area contributed by atoms with Crippen molar-refractivity contribution in [1.82, 2.24) is 24.7 Å². The maximum absolute atomic E-state index is 12.5. The van der Waals surface area contributed by atoms with Crippen LogP contribution < -0.4 is 15.3 Å². The fourth-order valence-corrected chi connectivity index (χ4v) is 3.83. The van der Waals surface area contributed by atoms with Crippen LogP contribution >= 0.6 is 0 Å². The fraction of sp³-hybridized carbons (Fsp3) is 0.208. The topological polar surface area (TPSA) is 105 Å². The second kappa shape index (κ2) is 9.76. The number of carbonyl (C=O) groups excluding carboxylic acids is 2. The van der Waals surface area contributed by atoms with E-state index in [0.717, 1.165) is 30.6 Å². The molecule has 13 heteroatoms. The molecule has 1 fully saturated rings. The quantitative estimate of drug-likeness (QED) is 0.297. The van der Waals surface area contributed by atoms with E-state index in [1.165, 1.54) is 12.1 Å². The minimum atomic E-state index is -4.62. The number of pyridine rings is 1. The number of hydroxylamine groups is 1. The number of alkyl halides is 3. The molecular formula is C24H20F3N7O3. The lowest BCUT2D eigenvalue weighted by Crippen LogP contribution is -2.43. The number of hydrogen-bond donors (Lipinski definition) is 1. The Morgan fingerprint density at radius 1 is 1.05 bits per heavy atom. The van der Waals surface area contributed by atoms with E-state index in [9.17, 15) is 22.8 Å². The van der Waals surface area contributed by atoms with Crippen LogP contribution in [0.4, 0.5) is 29.6 Å². The van der Waals surface area contributed by atoms with Crippen LogP contribution in [-0.4, -0.2) is 57.7 Å². The van der Waals surface area contributed by atoms with E-state index in [0.29, 0.717) is 27.9 Å². The van der Waals surface area contributed by atoms with Crippen molar-refractivity contribution in [2.24, 2.45) is 0 Å². The van der Waals surface area contributed by atoms with Crippen LogP contribution in [0.1, 0.15) is 6.42 Å². The smallest absolute Gasteiger partial charge is 0.341 e. The Kier molecular flexibility index (Phi) is 6.34. The maximum Gasteiger partial charge on any atom is 0.405 e. The van der Waals surface area contributed by atoms with E-state index in [4.69, 9.17) is 0 Å². The molecule has 1 saturated heterocycles. The van der Waals surface area contributed by atoms with Gasteiger partial charge in [-0.15, -0.1) is 5.06 Å². The van der Waals surface area contributed by atoms with E-state index in [2.05, 4.69) is 24.7 Å². The van der Waals surface area contributed by atoms with Gasteiger partial charge in [-0.25, -0.2) is 19.7 Å². The summed E-state index contributed by atoms with van der Waals surface area (Å²) in [4.78, 5) is 43.2. The van der Waals surface area contributed by atoms with Gasteiger partial charge in [0.25, 0.3) is 0 Å². The number of carbonyl (C=O) groups is 2. The zero-order valence-electron chi connectivity index (χ0n) is 19.2. The van der Waals surface area contributed by atoms with Crippen LogP contribution in [0.15, 0.2) is 61.2 Å². The Hall–Kier alpha value is -4.68. The number of amides is 2. The summed E-state index contributed by atoms with van der Waals surface area (Å²) in [6, 6.07) is 8.75. The molecule has 4 aromatic rings. The molecule has 4 heterocycles. The summed E-state index contributed by atoms with van der Waals surface area (Å²) < 4.78 is 39.3. The number of urea groups is 1. The number of aromatic nitrogens is 4. The molecule has 190 valence electrons. The summed E-state index contributed by atoms with van der Waals surface area (Å²) in [6.45, 7) is 0.294. The lowest BCUT2D eigenvalue weighted by Gasteiger charge is -2.30. The summed E-state index contributed by atoms with van der Waals surface area (Å²) in [5.74, 6) is 0.707. The Labute approximate surface area is 208 Å². The number of hydrogen-bond acceptors (Lipinski definition) is 7. The van der Waals surface area contributed by atoms with Crippen LogP contribution in [0.25, 0.3) is 28.0 Å². The molecule has 0 spiro atoms. The van der Waals surface area contributed by atoms with Crippen molar-refractivity contribution < 1.29 is 27.6 Å². The minimum Gasteiger partial charge on any atom is -0.341 e. The van der Waals surface area contributed by atoms with Gasteiger partial charge in [0, 0.05) is 42.8 Å². The van der Waals surface area contributed by atoms with Gasteiger partial charge >= 0.3 is 18.7 Å². The molecule has 5 rings (SSSR count). The minimum absolute atomic E-state index is 0.0462. The van der Waals surface area contributed by atoms with Gasteiger partial charge in [-0.3, -0.25) is 9.20 Å². The van der Waals surface area contributed by atoms with Gasteiger partial charge in [-0.1, -0.05) is 12.1 Å². The van der Waals surface area contributed by atoms with Gasteiger partial charge in [0.05, 0.1) is 17.6 Å². The number of imidazole rings is 1. The lowest BCUT2D eigenvalue weighted by atomic mass is 10.1. The highest BCUT2D eigenvalue weighted by molar-refractivity contribution is 5.91. The van der Waals surface area contributed by atoms with Gasteiger partial charge in [0.2, 0.25) is 5.95 Å². The molecule has 1 aliphatic heterocycles. The molecule has 1 N–H and O–H groups in total. The highest BCUT2D eigenvalue weighted by Crippen LogP contribution is 2.28. The van der Waals surface area contributed by atoms with E-state index in [-0.39, 0.29) is 12.2 Å². The van der Waals surface area contributed by atoms with Crippen LogP contribution in [0.5, 0.6) is 0 Å². The van der Waals surface area contributed by atoms with Crippen LogP contribution in [-0.2, 0) is 9.63 Å². The molecule has 10 nitrogen and oxygen atoms in total. The lowest BCUT2D eigenvalue weighted by molar-refractivity contribution is -0.129. The summed E-state index contributed by atoms with van der Waals surface area (Å²) in [7, 11) is 0. The molecule has 0 bridgehead atoms. The predicted octanol–water partition coefficient (Wildman–Crippen LogP) is 3.83. The summed E-state index contributed by atoms with van der Waals surface area (Å²) >= 11 is 0. The van der Waals surface area contributed by atoms with Gasteiger partial charge in [-0.2, -0.15) is 13.2 Å². The molecule has 37 heavy (non-hydrogen) atoms. The zero-order chi connectivity index (χ0) is 26.0. The number of rotatable bonds is 7. The van der Waals surface area contributed by atoms with Crippen molar-refractivity contribution in [3.05, 3.63) is 61.2 Å². The molecule has 0 aliphatic carbocycles. The molecular weight excluding hydrogens is 491 g/mol. The molecule has 1 aromatic carbocycles. The normalized spacial score (nSPS) is 13.2. The number of halogens is 3. The number of nitrogens with one attached hydrogen (secondary N) is 1. The molecule has 3 aromatic heterocycles. The number of anilines is 2. The fourth-order valence-electron chi connectivity index (χ4n) is 3.83. The zero-order valence-corrected chi connectivity index (χ0v) is 19.2. The largest absolute Gasteiger partial charge is 0.405 e. The first kappa shape index (κ1) is 24.0. The standard InChI is InChI=1S/C24H20F3N7O3/c25-24(26,27)14-31-23(36)34(37-15-35)19-4-1-3-17(9-19)20-13-28-21-10-16(5-8-33(20)21)18-11-29-22(30-12-18)32-6-2-7-32/h1,3-5,8-13,15H,2,6-7,14H2,(H,31,36). The van der Waals surface area contributed by atoms with Gasteiger partial charge in [0.1, 0.15) is 12.2 Å². The number of benzene rings is 1. The molecule has 2 amide bonds. The van der Waals surface area contributed by atoms with Crippen molar-refractivity contribution in [1.29, 1.82) is 0 Å². The first-order chi connectivity index (χ1) is 17.8. The third kappa shape index (κ3) is 5.15. The van der Waals surface area contributed by atoms with E-state index in [1.807, 2.05) is 22.7 Å². The van der Waals surface area contributed by atoms with Crippen molar-refractivity contribution in [3.63, 3.8) is 0 Å². The van der Waals surface area contributed by atoms with Crippen molar-refractivity contribution in [2.75, 3.05) is 29.6 Å². The summed E-state index contributed by atoms with van der Waals surface area (Å²) in [5, 5.41) is 2.13. The number of nitrogens with zero attached hydrogens (tertiary/aromatic N) is 6. The third-order valence-electron chi connectivity index (χ3n) is 5.77. The second-order valence-corrected chi connectivity index (χ2v) is 8.22. The molecule has 0 saturated carbocycles. The first-order valence-corrected chi connectivity index (χ1v) is 11.2. The monoisotopic (exact) mass is 511 g/mol. The molecule has 0 atom stereocenters. The third-order valence-corrected chi connectivity index (χ3v) is 5.77. The van der Waals surface area contributed by atoms with Crippen LogP contribution in [0.2, 0.25) is 0 Å². The average Bonchev–Trinajstić information content (AvgIpc) is 3.28. The molecule has 0 radical (unpaired) electrons. The van der Waals surface area contributed by atoms with Gasteiger partial charge in [-0.05, 0) is 36.2 Å². The predicted molar refractivity (Wildman–Crippen MR) is 128 cm³/mol. The maximum atomic E-state index is 12.5. The first-order valence-electron chi connectivity index (χ1n) is 11.2. The SMILES string of the molecule is O=CON(C(=O)NCC(F)(F)F)c1cccc(-c2cnc3cc(-c4cnc(N5CCC5)nc4)ccn23)c1. The highest BCUT2D eigenvalue weighted by atomic mass is 19.4. The summed E-state index contributed by atoms with van der Waals surface area (Å²) in [5.41, 5.74) is 3.63. The van der Waals surface area contributed by atoms with Gasteiger partial charge < -0.3 is 15.1 Å². The second-order valence-electron chi connectivity index (χ2n) is 8.22. The Morgan fingerprint density at radius 3 is 2.51 bits per heavy atom. The Bertz CT molecular complexity index is 1440. The van der Waals surface area contributed by atoms with E-state index in [1.54, 1.807) is 36.0 Å². The van der Waals surface area contributed by atoms with Crippen molar-refractivity contribution in [2.45, 2.75) is 12.6 Å². The molecule has 0 unspecified atom stereocenters. The number of fused-ring (bicyclic) bond motifs is 1. The average molecular weight is 511 g/mol. The van der Waals surface area contributed by atoms with Crippen molar-refractivity contribution in [3.8, 4) is 22.4 Å².